The summed E-state index contributed by atoms with van der Waals surface area (Å²) in [5.74, 6) is 1.86. The molecular weight excluding hydrogens is 484 g/mol. The van der Waals surface area contributed by atoms with Gasteiger partial charge in [0.15, 0.2) is 0 Å². The van der Waals surface area contributed by atoms with Gasteiger partial charge in [-0.3, -0.25) is 0 Å². The summed E-state index contributed by atoms with van der Waals surface area (Å²) in [6.07, 6.45) is 4.90. The van der Waals surface area contributed by atoms with Gasteiger partial charge in [0.1, 0.15) is 0 Å². The average Bonchev–Trinajstić information content (AvgIpc) is 3.23. The van der Waals surface area contributed by atoms with Crippen LogP contribution in [-0.4, -0.2) is 0 Å². The molecule has 0 aliphatic heterocycles. The normalized spacial score (nSPS) is 20.8. The fourth-order valence-corrected chi connectivity index (χ4v) is 6.59. The summed E-state index contributed by atoms with van der Waals surface area (Å²) in [4.78, 5) is 0. The van der Waals surface area contributed by atoms with Gasteiger partial charge in [-0.05, 0) is 51.6 Å². The molecule has 2 atom stereocenters. The Balaban J connectivity index is 1.91. The molecule has 0 radical (unpaired) electrons. The first-order chi connectivity index (χ1) is 13.6. The van der Waals surface area contributed by atoms with Crippen LogP contribution in [0, 0.1) is 17.3 Å². The topological polar surface area (TPSA) is 0 Å². The van der Waals surface area contributed by atoms with Crippen LogP contribution < -0.4 is 0 Å². The smallest absolute Gasteiger partial charge is 0.0250 e. The number of hydrogen-bond acceptors (Lipinski definition) is 0. The van der Waals surface area contributed by atoms with Gasteiger partial charge in [0.05, 0.1) is 0 Å². The standard InChI is InChI=1S/C27H30Br2/c1-15(2)19-13-21-17(9-7-11-23(21)28)25(19)27(5,6)26-18-10-8-12-24(29)22(18)14-20(26)16(3)4/h7-16,25-26H,1-6H3. The Morgan fingerprint density at radius 3 is 1.41 bits per heavy atom. The summed E-state index contributed by atoms with van der Waals surface area (Å²) in [5, 5.41) is 0. The minimum Gasteiger partial charge on any atom is -0.0608 e. The van der Waals surface area contributed by atoms with Crippen LogP contribution in [0.4, 0.5) is 0 Å². The van der Waals surface area contributed by atoms with Crippen LogP contribution in [0.25, 0.3) is 12.2 Å². The van der Waals surface area contributed by atoms with E-state index in [4.69, 9.17) is 0 Å². The Kier molecular flexibility index (Phi) is 5.49. The van der Waals surface area contributed by atoms with E-state index < -0.39 is 0 Å². The van der Waals surface area contributed by atoms with E-state index in [1.54, 1.807) is 11.1 Å². The lowest BCUT2D eigenvalue weighted by Gasteiger charge is -2.43. The Morgan fingerprint density at radius 2 is 1.07 bits per heavy atom. The number of allylic oxidation sites excluding steroid dienone is 2. The molecule has 2 aliphatic rings. The van der Waals surface area contributed by atoms with Crippen molar-refractivity contribution in [1.29, 1.82) is 0 Å². The molecule has 0 spiro atoms. The Morgan fingerprint density at radius 1 is 0.690 bits per heavy atom. The van der Waals surface area contributed by atoms with Gasteiger partial charge in [0.25, 0.3) is 0 Å². The number of benzene rings is 2. The van der Waals surface area contributed by atoms with Crippen LogP contribution in [0.15, 0.2) is 56.5 Å². The van der Waals surface area contributed by atoms with E-state index in [9.17, 15) is 0 Å². The maximum atomic E-state index is 3.81. The summed E-state index contributed by atoms with van der Waals surface area (Å²) in [6.45, 7) is 14.3. The van der Waals surface area contributed by atoms with Crippen LogP contribution >= 0.6 is 31.9 Å². The third-order valence-corrected chi connectivity index (χ3v) is 8.29. The highest BCUT2D eigenvalue weighted by atomic mass is 79.9. The van der Waals surface area contributed by atoms with E-state index in [1.165, 1.54) is 31.2 Å². The molecule has 0 N–H and O–H groups in total. The molecular formula is C27H30Br2. The summed E-state index contributed by atoms with van der Waals surface area (Å²) in [6, 6.07) is 13.4. The Labute approximate surface area is 192 Å². The molecule has 0 amide bonds. The third-order valence-electron chi connectivity index (χ3n) is 6.91. The molecule has 29 heavy (non-hydrogen) atoms. The summed E-state index contributed by atoms with van der Waals surface area (Å²) < 4.78 is 2.42. The molecule has 0 nitrogen and oxygen atoms in total. The minimum atomic E-state index is 0.0598. The molecule has 4 rings (SSSR count). The summed E-state index contributed by atoms with van der Waals surface area (Å²) in [5.41, 5.74) is 8.87. The van der Waals surface area contributed by atoms with Gasteiger partial charge < -0.3 is 0 Å². The van der Waals surface area contributed by atoms with Gasteiger partial charge in [-0.2, -0.15) is 0 Å². The van der Waals surface area contributed by atoms with Crippen molar-refractivity contribution < 1.29 is 0 Å². The third kappa shape index (κ3) is 3.31. The van der Waals surface area contributed by atoms with Crippen LogP contribution in [0.3, 0.4) is 0 Å². The highest BCUT2D eigenvalue weighted by Gasteiger charge is 2.47. The Hall–Kier alpha value is -1.12. The SMILES string of the molecule is CC(C)C1=Cc2c(Br)cccc2C1C(C)(C)C1C(C(C)C)=Cc2c(Br)cccc21. The van der Waals surface area contributed by atoms with E-state index >= 15 is 0 Å². The molecule has 0 saturated carbocycles. The van der Waals surface area contributed by atoms with Gasteiger partial charge >= 0.3 is 0 Å². The van der Waals surface area contributed by atoms with Gasteiger partial charge in [-0.15, -0.1) is 0 Å². The van der Waals surface area contributed by atoms with Crippen molar-refractivity contribution >= 4 is 44.0 Å². The zero-order valence-corrected chi connectivity index (χ0v) is 21.4. The first kappa shape index (κ1) is 21.1. The summed E-state index contributed by atoms with van der Waals surface area (Å²) >= 11 is 7.62. The summed E-state index contributed by atoms with van der Waals surface area (Å²) in [7, 11) is 0. The van der Waals surface area contributed by atoms with Gasteiger partial charge in [0, 0.05) is 20.8 Å². The lowest BCUT2D eigenvalue weighted by molar-refractivity contribution is 0.258. The van der Waals surface area contributed by atoms with Crippen LogP contribution in [0.2, 0.25) is 0 Å². The fraction of sp³-hybridized carbons (Fsp3) is 0.407. The van der Waals surface area contributed by atoms with Crippen LogP contribution in [0.5, 0.6) is 0 Å². The molecule has 0 bridgehead atoms. The number of halogens is 2. The largest absolute Gasteiger partial charge is 0.0608 e. The van der Waals surface area contributed by atoms with Crippen molar-refractivity contribution in [2.45, 2.75) is 53.4 Å². The first-order valence-electron chi connectivity index (χ1n) is 10.6. The van der Waals surface area contributed by atoms with Crippen molar-refractivity contribution in [1.82, 2.24) is 0 Å². The molecule has 2 aromatic rings. The predicted octanol–water partition coefficient (Wildman–Crippen LogP) is 9.21. The van der Waals surface area contributed by atoms with Crippen molar-refractivity contribution in [3.63, 3.8) is 0 Å². The maximum Gasteiger partial charge on any atom is 0.0250 e. The molecule has 152 valence electrons. The molecule has 0 aromatic heterocycles. The quantitative estimate of drug-likeness (QED) is 0.382. The van der Waals surface area contributed by atoms with Crippen molar-refractivity contribution in [3.05, 3.63) is 78.7 Å². The van der Waals surface area contributed by atoms with Crippen molar-refractivity contribution in [2.75, 3.05) is 0 Å². The predicted molar refractivity (Wildman–Crippen MR) is 133 cm³/mol. The lowest BCUT2D eigenvalue weighted by atomic mass is 9.60. The number of hydrogen-bond donors (Lipinski definition) is 0. The second kappa shape index (κ2) is 7.54. The van der Waals surface area contributed by atoms with E-state index in [1.807, 2.05) is 0 Å². The average molecular weight is 514 g/mol. The van der Waals surface area contributed by atoms with E-state index in [2.05, 4.69) is 122 Å². The second-order valence-corrected chi connectivity index (χ2v) is 11.5. The van der Waals surface area contributed by atoms with Crippen molar-refractivity contribution in [3.8, 4) is 0 Å². The molecule has 0 saturated heterocycles. The van der Waals surface area contributed by atoms with E-state index in [0.717, 1.165) is 0 Å². The minimum absolute atomic E-state index is 0.0598. The van der Waals surface area contributed by atoms with Crippen LogP contribution in [-0.2, 0) is 0 Å². The Bertz CT molecular complexity index is 939. The molecule has 2 aromatic carbocycles. The van der Waals surface area contributed by atoms with E-state index in [0.29, 0.717) is 23.7 Å². The zero-order chi connectivity index (χ0) is 21.1. The molecule has 0 heterocycles. The fourth-order valence-electron chi connectivity index (χ4n) is 5.60. The molecule has 2 aliphatic carbocycles. The van der Waals surface area contributed by atoms with Gasteiger partial charge in [0.2, 0.25) is 0 Å². The molecule has 0 fully saturated rings. The van der Waals surface area contributed by atoms with E-state index in [-0.39, 0.29) is 5.41 Å². The van der Waals surface area contributed by atoms with Crippen LogP contribution in [0.1, 0.15) is 75.6 Å². The molecule has 2 heteroatoms. The second-order valence-electron chi connectivity index (χ2n) is 9.77. The van der Waals surface area contributed by atoms with Gasteiger partial charge in [-0.1, -0.05) is 121 Å². The molecule has 2 unspecified atom stereocenters. The zero-order valence-electron chi connectivity index (χ0n) is 18.2. The lowest BCUT2D eigenvalue weighted by Crippen LogP contribution is -2.32. The number of rotatable bonds is 4. The van der Waals surface area contributed by atoms with Gasteiger partial charge in [-0.25, -0.2) is 0 Å². The highest BCUT2D eigenvalue weighted by molar-refractivity contribution is 9.10. The first-order valence-corrected chi connectivity index (χ1v) is 12.2. The monoisotopic (exact) mass is 512 g/mol. The number of fused-ring (bicyclic) bond motifs is 2. The maximum absolute atomic E-state index is 3.81. The van der Waals surface area contributed by atoms with Crippen molar-refractivity contribution in [2.24, 2.45) is 17.3 Å². The highest BCUT2D eigenvalue weighted by Crippen LogP contribution is 2.61.